The summed E-state index contributed by atoms with van der Waals surface area (Å²) in [5.41, 5.74) is 3.39. The highest BCUT2D eigenvalue weighted by atomic mass is 32.2. The fourth-order valence-corrected chi connectivity index (χ4v) is 4.66. The van der Waals surface area contributed by atoms with Crippen LogP contribution in [0.4, 0.5) is 11.4 Å². The first-order valence-electron chi connectivity index (χ1n) is 10.4. The van der Waals surface area contributed by atoms with Crippen molar-refractivity contribution in [2.45, 2.75) is 32.6 Å². The minimum atomic E-state index is -3.95. The number of rotatable bonds is 7. The van der Waals surface area contributed by atoms with Crippen LogP contribution in [0.2, 0.25) is 0 Å². The van der Waals surface area contributed by atoms with E-state index in [1.54, 1.807) is 56.3 Å². The number of amides is 1. The maximum Gasteiger partial charge on any atom is 0.340 e. The predicted molar refractivity (Wildman–Crippen MR) is 128 cm³/mol. The molecule has 8 heteroatoms. The molecule has 0 saturated heterocycles. The molecule has 0 spiro atoms. The Labute approximate surface area is 193 Å². The Morgan fingerprint density at radius 1 is 0.879 bits per heavy atom. The Morgan fingerprint density at radius 3 is 2.30 bits per heavy atom. The van der Waals surface area contributed by atoms with E-state index in [0.717, 1.165) is 11.1 Å². The number of nitrogens with one attached hydrogen (secondary N) is 2. The summed E-state index contributed by atoms with van der Waals surface area (Å²) in [5.74, 6) is -1.10. The van der Waals surface area contributed by atoms with E-state index >= 15 is 0 Å². The van der Waals surface area contributed by atoms with Gasteiger partial charge in [-0.2, -0.15) is 0 Å². The third-order valence-corrected chi connectivity index (χ3v) is 6.77. The largest absolute Gasteiger partial charge is 0.462 e. The number of esters is 1. The Morgan fingerprint density at radius 2 is 1.58 bits per heavy atom. The van der Waals surface area contributed by atoms with E-state index in [2.05, 4.69) is 10.0 Å². The van der Waals surface area contributed by atoms with Crippen LogP contribution in [0.5, 0.6) is 0 Å². The Balaban J connectivity index is 1.91. The fourth-order valence-electron chi connectivity index (χ4n) is 3.27. The normalized spacial score (nSPS) is 11.0. The van der Waals surface area contributed by atoms with Gasteiger partial charge in [-0.25, -0.2) is 13.2 Å². The topological polar surface area (TPSA) is 102 Å². The number of hydrogen-bond donors (Lipinski definition) is 2. The highest BCUT2D eigenvalue weighted by Gasteiger charge is 2.21. The number of hydrogen-bond acceptors (Lipinski definition) is 5. The molecule has 0 heterocycles. The molecule has 0 aliphatic heterocycles. The summed E-state index contributed by atoms with van der Waals surface area (Å²) in [6.45, 7) is 7.30. The molecule has 0 fully saturated rings. The number of sulfonamides is 1. The first kappa shape index (κ1) is 24.0. The summed E-state index contributed by atoms with van der Waals surface area (Å²) in [6.07, 6.45) is 0. The molecule has 7 nitrogen and oxygen atoms in total. The van der Waals surface area contributed by atoms with Gasteiger partial charge in [-0.15, -0.1) is 0 Å². The number of ether oxygens (including phenoxy) is 1. The fraction of sp³-hybridized carbons (Fsp3) is 0.200. The van der Waals surface area contributed by atoms with Gasteiger partial charge in [-0.05, 0) is 74.7 Å². The van der Waals surface area contributed by atoms with Gasteiger partial charge in [0.25, 0.3) is 15.9 Å². The highest BCUT2D eigenvalue weighted by molar-refractivity contribution is 7.92. The third kappa shape index (κ3) is 5.40. The number of carbonyl (C=O) groups excluding carboxylic acids is 2. The summed E-state index contributed by atoms with van der Waals surface area (Å²) in [6, 6.07) is 16.3. The van der Waals surface area contributed by atoms with Gasteiger partial charge in [-0.1, -0.05) is 30.3 Å². The third-order valence-electron chi connectivity index (χ3n) is 5.26. The molecule has 172 valence electrons. The zero-order valence-corrected chi connectivity index (χ0v) is 19.7. The molecule has 33 heavy (non-hydrogen) atoms. The van der Waals surface area contributed by atoms with Crippen LogP contribution in [0.3, 0.4) is 0 Å². The second-order valence-electron chi connectivity index (χ2n) is 7.55. The zero-order valence-electron chi connectivity index (χ0n) is 18.9. The summed E-state index contributed by atoms with van der Waals surface area (Å²) in [7, 11) is -3.95. The van der Waals surface area contributed by atoms with Crippen LogP contribution in [0.1, 0.15) is 44.3 Å². The van der Waals surface area contributed by atoms with Gasteiger partial charge in [0.1, 0.15) is 0 Å². The lowest BCUT2D eigenvalue weighted by atomic mass is 10.1. The average Bonchev–Trinajstić information content (AvgIpc) is 2.77. The number of aryl methyl sites for hydroxylation is 2. The van der Waals surface area contributed by atoms with Gasteiger partial charge in [0.2, 0.25) is 0 Å². The van der Waals surface area contributed by atoms with Gasteiger partial charge >= 0.3 is 5.97 Å². The Bertz CT molecular complexity index is 1320. The molecule has 0 aromatic heterocycles. The van der Waals surface area contributed by atoms with Crippen molar-refractivity contribution in [3.8, 4) is 0 Å². The number of carbonyl (C=O) groups is 2. The first-order chi connectivity index (χ1) is 15.6. The van der Waals surface area contributed by atoms with Crippen molar-refractivity contribution in [2.24, 2.45) is 0 Å². The molecular weight excluding hydrogens is 440 g/mol. The van der Waals surface area contributed by atoms with E-state index in [1.165, 1.54) is 12.1 Å². The molecule has 0 unspecified atom stereocenters. The van der Waals surface area contributed by atoms with Crippen molar-refractivity contribution >= 4 is 33.3 Å². The predicted octanol–water partition coefficient (Wildman–Crippen LogP) is 4.84. The monoisotopic (exact) mass is 466 g/mol. The Kier molecular flexibility index (Phi) is 7.18. The number of para-hydroxylation sites is 1. The maximum absolute atomic E-state index is 13.1. The smallest absolute Gasteiger partial charge is 0.340 e. The average molecular weight is 467 g/mol. The lowest BCUT2D eigenvalue weighted by molar-refractivity contribution is 0.0527. The SMILES string of the molecule is CCOC(=O)c1ccccc1NC(=O)c1ccc(C)c(S(=O)(=O)Nc2cccc(C)c2C)c1. The van der Waals surface area contributed by atoms with Crippen molar-refractivity contribution in [1.82, 2.24) is 0 Å². The summed E-state index contributed by atoms with van der Waals surface area (Å²) in [5, 5.41) is 2.68. The van der Waals surface area contributed by atoms with Crippen molar-refractivity contribution in [3.05, 3.63) is 88.5 Å². The molecule has 0 atom stereocenters. The van der Waals surface area contributed by atoms with Crippen LogP contribution in [0.15, 0.2) is 65.6 Å². The molecular formula is C25H26N2O5S. The molecule has 3 rings (SSSR count). The lowest BCUT2D eigenvalue weighted by Crippen LogP contribution is -2.18. The number of benzene rings is 3. The van der Waals surface area contributed by atoms with Crippen LogP contribution in [-0.4, -0.2) is 26.9 Å². The van der Waals surface area contributed by atoms with Crippen molar-refractivity contribution < 1.29 is 22.7 Å². The summed E-state index contributed by atoms with van der Waals surface area (Å²) >= 11 is 0. The van der Waals surface area contributed by atoms with E-state index in [9.17, 15) is 18.0 Å². The lowest BCUT2D eigenvalue weighted by Gasteiger charge is -2.15. The van der Waals surface area contributed by atoms with Crippen LogP contribution in [0, 0.1) is 20.8 Å². The minimum Gasteiger partial charge on any atom is -0.462 e. The first-order valence-corrected chi connectivity index (χ1v) is 11.9. The van der Waals surface area contributed by atoms with Crippen LogP contribution in [-0.2, 0) is 14.8 Å². The Hall–Kier alpha value is -3.65. The van der Waals surface area contributed by atoms with Gasteiger partial charge in [0, 0.05) is 5.56 Å². The van der Waals surface area contributed by atoms with E-state index in [0.29, 0.717) is 11.3 Å². The van der Waals surface area contributed by atoms with Gasteiger partial charge in [0.05, 0.1) is 28.4 Å². The molecule has 0 aliphatic carbocycles. The van der Waals surface area contributed by atoms with Crippen LogP contribution in [0.25, 0.3) is 0 Å². The zero-order chi connectivity index (χ0) is 24.2. The number of anilines is 2. The molecule has 0 aliphatic rings. The van der Waals surface area contributed by atoms with Crippen LogP contribution < -0.4 is 10.0 Å². The minimum absolute atomic E-state index is 0.00488. The second-order valence-corrected chi connectivity index (χ2v) is 9.20. The molecule has 1 amide bonds. The van der Waals surface area contributed by atoms with Crippen molar-refractivity contribution in [2.75, 3.05) is 16.6 Å². The second kappa shape index (κ2) is 9.87. The maximum atomic E-state index is 13.1. The molecule has 2 N–H and O–H groups in total. The van der Waals surface area contributed by atoms with E-state index in [4.69, 9.17) is 4.74 Å². The molecule has 0 radical (unpaired) electrons. The standard InChI is InChI=1S/C25H26N2O5S/c1-5-32-25(29)20-10-6-7-11-22(20)26-24(28)19-14-13-17(3)23(15-19)33(30,31)27-21-12-8-9-16(2)18(21)4/h6-15,27H,5H2,1-4H3,(H,26,28). The molecule has 0 bridgehead atoms. The van der Waals surface area contributed by atoms with E-state index < -0.39 is 21.9 Å². The van der Waals surface area contributed by atoms with Gasteiger partial charge < -0.3 is 10.1 Å². The molecule has 3 aromatic carbocycles. The molecule has 3 aromatic rings. The van der Waals surface area contributed by atoms with E-state index in [1.807, 2.05) is 19.9 Å². The van der Waals surface area contributed by atoms with Gasteiger partial charge in [-0.3, -0.25) is 9.52 Å². The summed E-state index contributed by atoms with van der Waals surface area (Å²) < 4.78 is 33.9. The van der Waals surface area contributed by atoms with Crippen molar-refractivity contribution in [3.63, 3.8) is 0 Å². The van der Waals surface area contributed by atoms with Crippen LogP contribution >= 0.6 is 0 Å². The molecule has 0 saturated carbocycles. The quantitative estimate of drug-likeness (QED) is 0.485. The van der Waals surface area contributed by atoms with E-state index in [-0.39, 0.29) is 28.3 Å². The highest BCUT2D eigenvalue weighted by Crippen LogP contribution is 2.25. The summed E-state index contributed by atoms with van der Waals surface area (Å²) in [4.78, 5) is 25.1. The van der Waals surface area contributed by atoms with Gasteiger partial charge in [0.15, 0.2) is 0 Å². The van der Waals surface area contributed by atoms with Crippen molar-refractivity contribution in [1.29, 1.82) is 0 Å².